The Balaban J connectivity index is 1.59. The van der Waals surface area contributed by atoms with Crippen molar-refractivity contribution in [1.82, 2.24) is 4.90 Å². The number of oxime groups is 1. The van der Waals surface area contributed by atoms with Crippen molar-refractivity contribution in [2.24, 2.45) is 11.1 Å². The van der Waals surface area contributed by atoms with Crippen molar-refractivity contribution in [1.29, 1.82) is 0 Å². The van der Waals surface area contributed by atoms with Gasteiger partial charge in [0.05, 0.1) is 18.2 Å². The molecule has 1 amide bonds. The summed E-state index contributed by atoms with van der Waals surface area (Å²) in [5.41, 5.74) is 1.36. The Labute approximate surface area is 145 Å². The molecule has 1 saturated heterocycles. The van der Waals surface area contributed by atoms with E-state index in [0.29, 0.717) is 31.8 Å². The number of rotatable bonds is 4. The average Bonchev–Trinajstić information content (AvgIpc) is 3.12. The van der Waals surface area contributed by atoms with Gasteiger partial charge in [-0.25, -0.2) is 4.39 Å². The quantitative estimate of drug-likeness (QED) is 0.782. The van der Waals surface area contributed by atoms with E-state index in [2.05, 4.69) is 5.16 Å². The molecule has 2 heterocycles. The van der Waals surface area contributed by atoms with Gasteiger partial charge in [0.25, 0.3) is 5.91 Å². The second-order valence-corrected chi connectivity index (χ2v) is 6.22. The van der Waals surface area contributed by atoms with Crippen LogP contribution in [0.1, 0.15) is 31.7 Å². The zero-order valence-corrected chi connectivity index (χ0v) is 14.1. The van der Waals surface area contributed by atoms with Crippen molar-refractivity contribution in [3.63, 3.8) is 0 Å². The molecule has 0 spiro atoms. The van der Waals surface area contributed by atoms with E-state index in [1.165, 1.54) is 12.1 Å². The summed E-state index contributed by atoms with van der Waals surface area (Å²) in [5, 5.41) is 3.97. The van der Waals surface area contributed by atoms with Gasteiger partial charge in [-0.2, -0.15) is 0 Å². The van der Waals surface area contributed by atoms with Gasteiger partial charge in [0.15, 0.2) is 0 Å². The molecule has 3 rings (SSSR count). The molecule has 25 heavy (non-hydrogen) atoms. The highest BCUT2D eigenvalue weighted by Gasteiger charge is 2.36. The van der Waals surface area contributed by atoms with E-state index in [4.69, 9.17) is 9.57 Å². The minimum Gasteiger partial charge on any atom is -0.466 e. The summed E-state index contributed by atoms with van der Waals surface area (Å²) in [5.74, 6) is -1.03. The van der Waals surface area contributed by atoms with E-state index in [1.54, 1.807) is 24.0 Å². The lowest BCUT2D eigenvalue weighted by molar-refractivity contribution is -0.153. The molecule has 1 aromatic rings. The third kappa shape index (κ3) is 3.97. The van der Waals surface area contributed by atoms with Gasteiger partial charge in [0.2, 0.25) is 6.10 Å². The number of carbonyl (C=O) groups excluding carboxylic acids is 2. The van der Waals surface area contributed by atoms with Gasteiger partial charge in [0.1, 0.15) is 5.82 Å². The summed E-state index contributed by atoms with van der Waals surface area (Å²) >= 11 is 0. The molecule has 6 nitrogen and oxygen atoms in total. The average molecular weight is 348 g/mol. The molecule has 0 N–H and O–H groups in total. The first-order chi connectivity index (χ1) is 12.1. The van der Waals surface area contributed by atoms with Crippen LogP contribution in [0.4, 0.5) is 4.39 Å². The predicted molar refractivity (Wildman–Crippen MR) is 88.4 cm³/mol. The lowest BCUT2D eigenvalue weighted by Crippen LogP contribution is -2.47. The molecular weight excluding hydrogens is 327 g/mol. The fourth-order valence-electron chi connectivity index (χ4n) is 3.16. The Morgan fingerprint density at radius 3 is 2.84 bits per heavy atom. The van der Waals surface area contributed by atoms with Crippen molar-refractivity contribution < 1.29 is 23.6 Å². The molecule has 2 aliphatic rings. The Bertz CT molecular complexity index is 674. The fraction of sp³-hybridized carbons (Fsp3) is 0.500. The first kappa shape index (κ1) is 17.4. The van der Waals surface area contributed by atoms with Gasteiger partial charge >= 0.3 is 5.97 Å². The first-order valence-electron chi connectivity index (χ1n) is 8.52. The maximum atomic E-state index is 13.0. The number of nitrogens with zero attached hydrogens (tertiary/aromatic N) is 2. The lowest BCUT2D eigenvalue weighted by atomic mass is 9.97. The second kappa shape index (κ2) is 7.63. The summed E-state index contributed by atoms with van der Waals surface area (Å²) in [6, 6.07) is 5.92. The number of halogens is 1. The highest BCUT2D eigenvalue weighted by atomic mass is 19.1. The molecule has 0 aliphatic carbocycles. The van der Waals surface area contributed by atoms with Crippen LogP contribution in [0.3, 0.4) is 0 Å². The van der Waals surface area contributed by atoms with E-state index in [9.17, 15) is 14.0 Å². The van der Waals surface area contributed by atoms with Crippen molar-refractivity contribution in [3.05, 3.63) is 35.6 Å². The molecule has 1 fully saturated rings. The number of benzene rings is 1. The van der Waals surface area contributed by atoms with Gasteiger partial charge < -0.3 is 14.5 Å². The summed E-state index contributed by atoms with van der Waals surface area (Å²) in [7, 11) is 0. The number of hydrogen-bond acceptors (Lipinski definition) is 5. The van der Waals surface area contributed by atoms with Gasteiger partial charge in [-0.3, -0.25) is 9.59 Å². The summed E-state index contributed by atoms with van der Waals surface area (Å²) in [4.78, 5) is 31.5. The van der Waals surface area contributed by atoms with Gasteiger partial charge in [-0.05, 0) is 37.5 Å². The molecule has 7 heteroatoms. The number of amides is 1. The van der Waals surface area contributed by atoms with Crippen molar-refractivity contribution in [2.75, 3.05) is 19.7 Å². The first-order valence-corrected chi connectivity index (χ1v) is 8.52. The SMILES string of the molecule is CCOC(=O)[C@H]1CCCN(C(=O)[C@@H]2CC(c3ccc(F)cc3)=NO2)C1. The zero-order valence-electron chi connectivity index (χ0n) is 14.1. The van der Waals surface area contributed by atoms with Crippen LogP contribution in [0.25, 0.3) is 0 Å². The van der Waals surface area contributed by atoms with Crippen LogP contribution >= 0.6 is 0 Å². The number of piperidine rings is 1. The van der Waals surface area contributed by atoms with Gasteiger partial charge in [-0.1, -0.05) is 17.3 Å². The molecule has 1 aromatic carbocycles. The number of carbonyl (C=O) groups is 2. The molecule has 0 radical (unpaired) electrons. The minimum atomic E-state index is -0.694. The highest BCUT2D eigenvalue weighted by molar-refractivity contribution is 6.04. The Hall–Kier alpha value is -2.44. The largest absolute Gasteiger partial charge is 0.466 e. The van der Waals surface area contributed by atoms with Crippen LogP contribution in [-0.4, -0.2) is 48.3 Å². The van der Waals surface area contributed by atoms with Gasteiger partial charge in [-0.15, -0.1) is 0 Å². The minimum absolute atomic E-state index is 0.171. The van der Waals surface area contributed by atoms with Crippen molar-refractivity contribution >= 4 is 17.6 Å². The Morgan fingerprint density at radius 2 is 2.12 bits per heavy atom. The van der Waals surface area contributed by atoms with Crippen LogP contribution in [-0.2, 0) is 19.2 Å². The Kier molecular flexibility index (Phi) is 5.31. The monoisotopic (exact) mass is 348 g/mol. The van der Waals surface area contributed by atoms with Crippen LogP contribution in [0, 0.1) is 11.7 Å². The Morgan fingerprint density at radius 1 is 1.36 bits per heavy atom. The van der Waals surface area contributed by atoms with Crippen LogP contribution in [0.2, 0.25) is 0 Å². The number of ether oxygens (including phenoxy) is 1. The van der Waals surface area contributed by atoms with E-state index in [1.807, 2.05) is 0 Å². The molecule has 0 saturated carbocycles. The normalized spacial score (nSPS) is 23.0. The van der Waals surface area contributed by atoms with Crippen LogP contribution in [0.5, 0.6) is 0 Å². The maximum Gasteiger partial charge on any atom is 0.310 e. The topological polar surface area (TPSA) is 68.2 Å². The van der Waals surface area contributed by atoms with E-state index in [0.717, 1.165) is 18.4 Å². The third-order valence-corrected chi connectivity index (χ3v) is 4.47. The molecule has 2 atom stereocenters. The number of hydrogen-bond donors (Lipinski definition) is 0. The highest BCUT2D eigenvalue weighted by Crippen LogP contribution is 2.23. The van der Waals surface area contributed by atoms with Crippen LogP contribution < -0.4 is 0 Å². The van der Waals surface area contributed by atoms with Crippen molar-refractivity contribution in [3.8, 4) is 0 Å². The summed E-state index contributed by atoms with van der Waals surface area (Å²) < 4.78 is 18.1. The molecule has 0 bridgehead atoms. The van der Waals surface area contributed by atoms with Gasteiger partial charge in [0, 0.05) is 19.5 Å². The fourth-order valence-corrected chi connectivity index (χ4v) is 3.16. The summed E-state index contributed by atoms with van der Waals surface area (Å²) in [6.07, 6.45) is 1.13. The maximum absolute atomic E-state index is 13.0. The molecule has 0 aromatic heterocycles. The molecular formula is C18H21FN2O4. The van der Waals surface area contributed by atoms with Crippen molar-refractivity contribution in [2.45, 2.75) is 32.3 Å². The zero-order chi connectivity index (χ0) is 17.8. The molecule has 2 aliphatic heterocycles. The van der Waals surface area contributed by atoms with E-state index in [-0.39, 0.29) is 23.6 Å². The second-order valence-electron chi connectivity index (χ2n) is 6.22. The third-order valence-electron chi connectivity index (χ3n) is 4.47. The van der Waals surface area contributed by atoms with E-state index < -0.39 is 6.10 Å². The summed E-state index contributed by atoms with van der Waals surface area (Å²) in [6.45, 7) is 3.05. The molecule has 0 unspecified atom stereocenters. The standard InChI is InChI=1S/C18H21FN2O4/c1-2-24-18(23)13-4-3-9-21(11-13)17(22)16-10-15(20-25-16)12-5-7-14(19)8-6-12/h5-8,13,16H,2-4,9-11H2,1H3/t13-,16-/m0/s1. The lowest BCUT2D eigenvalue weighted by Gasteiger charge is -2.32. The van der Waals surface area contributed by atoms with E-state index >= 15 is 0 Å². The van der Waals surface area contributed by atoms with Crippen LogP contribution in [0.15, 0.2) is 29.4 Å². The number of likely N-dealkylation sites (tertiary alicyclic amines) is 1. The smallest absolute Gasteiger partial charge is 0.310 e. The molecule has 134 valence electrons. The number of esters is 1. The predicted octanol–water partition coefficient (Wildman–Crippen LogP) is 2.12.